The molecule has 27 nitrogen and oxygen atoms in total. The number of phenolic OH excluding ortho intramolecular Hbond substituents is 1. The molecule has 16 rings (SSSR count). The summed E-state index contributed by atoms with van der Waals surface area (Å²) < 4.78 is 50.5. The number of aromatic hydroxyl groups is 1. The Morgan fingerprint density at radius 3 is 1.29 bits per heavy atom. The number of halogens is 1. The van der Waals surface area contributed by atoms with Crippen molar-refractivity contribution < 1.29 is 86.1 Å². The van der Waals surface area contributed by atoms with Crippen LogP contribution in [0.25, 0.3) is 0 Å². The van der Waals surface area contributed by atoms with E-state index >= 15 is 0 Å². The summed E-state index contributed by atoms with van der Waals surface area (Å²) in [7, 11) is 8.66. The largest absolute Gasteiger partial charge is 0.504 e. The van der Waals surface area contributed by atoms with Gasteiger partial charge in [-0.2, -0.15) is 0 Å². The number of anilines is 5. The van der Waals surface area contributed by atoms with Crippen molar-refractivity contribution in [2.45, 2.75) is 114 Å². The van der Waals surface area contributed by atoms with Crippen LogP contribution < -0.4 is 58.5 Å². The number of hydrogen-bond acceptors (Lipinski definition) is 22. The van der Waals surface area contributed by atoms with E-state index in [0.29, 0.717) is 135 Å². The van der Waals surface area contributed by atoms with Crippen molar-refractivity contribution in [3.8, 4) is 46.0 Å². The number of benzene rings is 8. The summed E-state index contributed by atoms with van der Waals surface area (Å²) in [5, 5.41) is 15.6. The number of carbonyl (C=O) groups is 8. The zero-order valence-corrected chi connectivity index (χ0v) is 67.7. The van der Waals surface area contributed by atoms with Crippen LogP contribution in [0.2, 0.25) is 0 Å². The molecule has 5 atom stereocenters. The van der Waals surface area contributed by atoms with Crippen molar-refractivity contribution in [2.24, 2.45) is 25.9 Å². The van der Waals surface area contributed by atoms with Crippen LogP contribution in [0.4, 0.5) is 51.2 Å². The fourth-order valence-corrected chi connectivity index (χ4v) is 16.2. The van der Waals surface area contributed by atoms with Crippen molar-refractivity contribution in [1.29, 1.82) is 0 Å². The van der Waals surface area contributed by atoms with Gasteiger partial charge in [-0.05, 0) is 132 Å². The summed E-state index contributed by atoms with van der Waals surface area (Å²) >= 11 is 2.39. The Kier molecular flexibility index (Phi) is 25.3. The molecule has 7 heterocycles. The molecule has 0 saturated heterocycles. The van der Waals surface area contributed by atoms with E-state index in [1.807, 2.05) is 71.9 Å². The lowest BCUT2D eigenvalue weighted by molar-refractivity contribution is -0.142. The van der Waals surface area contributed by atoms with Crippen molar-refractivity contribution in [2.75, 3.05) is 92.2 Å². The van der Waals surface area contributed by atoms with Crippen molar-refractivity contribution in [3.05, 3.63) is 184 Å². The predicted molar refractivity (Wildman–Crippen MR) is 452 cm³/mol. The maximum absolute atomic E-state index is 14.1. The van der Waals surface area contributed by atoms with E-state index in [-0.39, 0.29) is 102 Å². The van der Waals surface area contributed by atoms with E-state index in [1.165, 1.54) is 57.0 Å². The van der Waals surface area contributed by atoms with Crippen LogP contribution in [0.5, 0.6) is 46.0 Å². The summed E-state index contributed by atoms with van der Waals surface area (Å²) in [4.78, 5) is 125. The molecule has 5 amide bonds. The van der Waals surface area contributed by atoms with Crippen LogP contribution in [0, 0.1) is 5.92 Å². The van der Waals surface area contributed by atoms with E-state index in [0.717, 1.165) is 72.9 Å². The number of esters is 2. The van der Waals surface area contributed by atoms with Crippen LogP contribution >= 0.6 is 22.6 Å². The Morgan fingerprint density at radius 2 is 0.821 bits per heavy atom. The number of methoxy groups -OCH3 is 6. The average molecular weight is 1700 g/mol. The number of amides is 5. The second kappa shape index (κ2) is 36.6. The molecular formula is C89H88IN9O18. The molecule has 0 saturated carbocycles. The number of carbonyl (C=O) groups excluding carboxylic acids is 8. The summed E-state index contributed by atoms with van der Waals surface area (Å²) in [5.74, 6) is 1.11. The van der Waals surface area contributed by atoms with Gasteiger partial charge in [-0.3, -0.25) is 73.0 Å². The molecule has 5 unspecified atom stereocenters. The normalized spacial score (nSPS) is 17.3. The van der Waals surface area contributed by atoms with E-state index in [2.05, 4.69) is 64.8 Å². The van der Waals surface area contributed by atoms with Gasteiger partial charge in [0.05, 0.1) is 150 Å². The fraction of sp³-hybridized carbons (Fsp3) is 0.326. The lowest BCUT2D eigenvalue weighted by Gasteiger charge is -2.22. The number of nitrogens with one attached hydrogen (secondary N) is 2. The summed E-state index contributed by atoms with van der Waals surface area (Å²) in [6, 6.07) is 39.6. The van der Waals surface area contributed by atoms with Crippen LogP contribution in [-0.2, 0) is 54.3 Å². The molecule has 28 heteroatoms. The molecule has 0 aromatic heterocycles. The Morgan fingerprint density at radius 1 is 0.419 bits per heavy atom. The SMILES string of the molecule is COC(=O)CCC(=O)Nc1ccc2c(c1)N1C(=O)c3cc(OC)c(O)cc3N=CC1C2.COC(=O)CCC(=O)Nc1ccc2c(c1)N1C(=O)c3cc(OC)c(OCCCCCOc4cc5c(cc4OC)C(=O)N4c6ccccc6CC4C=N5)cc3N=CC1C2.COc1cc2c(cc1OCCCCCI)N=CC1Cc3ccccc3C1C2=O. The van der Waals surface area contributed by atoms with Gasteiger partial charge in [0.1, 0.15) is 0 Å². The molecule has 117 heavy (non-hydrogen) atoms. The minimum absolute atomic E-state index is 0.00164. The van der Waals surface area contributed by atoms with Crippen molar-refractivity contribution in [1.82, 2.24) is 0 Å². The van der Waals surface area contributed by atoms with E-state index in [4.69, 9.17) is 43.1 Å². The first-order valence-electron chi connectivity index (χ1n) is 38.8. The lowest BCUT2D eigenvalue weighted by Crippen LogP contribution is -2.37. The van der Waals surface area contributed by atoms with Gasteiger partial charge in [-0.1, -0.05) is 77.2 Å². The molecule has 0 bridgehead atoms. The first-order chi connectivity index (χ1) is 56.9. The van der Waals surface area contributed by atoms with Gasteiger partial charge < -0.3 is 58.4 Å². The number of nitrogens with zero attached hydrogens (tertiary/aromatic N) is 7. The highest BCUT2D eigenvalue weighted by atomic mass is 127. The smallest absolute Gasteiger partial charge is 0.306 e. The minimum atomic E-state index is -0.463. The number of rotatable bonds is 26. The average Bonchev–Trinajstić information content (AvgIpc) is 1.64. The molecule has 3 N–H and O–H groups in total. The van der Waals surface area contributed by atoms with E-state index in [9.17, 15) is 43.5 Å². The third kappa shape index (κ3) is 17.6. The van der Waals surface area contributed by atoms with Gasteiger partial charge in [0.15, 0.2) is 51.8 Å². The number of unbranched alkanes of at least 4 members (excludes halogenated alkanes) is 4. The second-order valence-electron chi connectivity index (χ2n) is 28.9. The van der Waals surface area contributed by atoms with Gasteiger partial charge in [0.2, 0.25) is 11.8 Å². The van der Waals surface area contributed by atoms with Crippen LogP contribution in [0.1, 0.15) is 139 Å². The number of aliphatic imine (C=N–C) groups is 4. The number of para-hydroxylation sites is 1. The van der Waals surface area contributed by atoms with Gasteiger partial charge in [-0.15, -0.1) is 0 Å². The van der Waals surface area contributed by atoms with Gasteiger partial charge >= 0.3 is 11.9 Å². The van der Waals surface area contributed by atoms with Crippen LogP contribution in [0.3, 0.4) is 0 Å². The molecule has 0 fully saturated rings. The number of Topliss-reactive ketones (excluding diaryl/α,β-unsaturated/α-hetero) is 1. The Balaban J connectivity index is 0.000000160. The van der Waals surface area contributed by atoms with Crippen LogP contribution in [0.15, 0.2) is 153 Å². The number of ether oxygens (including phenoxy) is 9. The summed E-state index contributed by atoms with van der Waals surface area (Å²) in [6.07, 6.45) is 15.6. The van der Waals surface area contributed by atoms with E-state index < -0.39 is 11.9 Å². The molecular weight excluding hydrogens is 1610 g/mol. The molecule has 604 valence electrons. The topological polar surface area (TPSA) is 323 Å². The molecule has 8 aliphatic rings. The van der Waals surface area contributed by atoms with Crippen molar-refractivity contribution >= 4 is 146 Å². The third-order valence-corrected chi connectivity index (χ3v) is 22.3. The van der Waals surface area contributed by atoms with Crippen molar-refractivity contribution in [3.63, 3.8) is 0 Å². The monoisotopic (exact) mass is 1700 g/mol. The number of alkyl halides is 1. The minimum Gasteiger partial charge on any atom is -0.504 e. The maximum Gasteiger partial charge on any atom is 0.306 e. The Labute approximate surface area is 689 Å². The number of fused-ring (bicyclic) bond motifs is 16. The zero-order chi connectivity index (χ0) is 82.0. The van der Waals surface area contributed by atoms with Gasteiger partial charge in [0, 0.05) is 110 Å². The highest BCUT2D eigenvalue weighted by Gasteiger charge is 2.43. The standard InChI is InChI=1S/C44H43N5O9.C23H24INO3.C22H21N3O6/c1-54-37-20-31-33(45-24-29-17-26-9-5-6-10-35(26)48(29)43(31)52)22-39(37)57-15-7-4-8-16-58-40-23-34-32(21-38(40)55-2)44(53)49-30(25-46-34)18-27-11-12-28(19-36(27)49)47-41(50)13-14-42(51)56-3;1-27-20-12-18-19(13-21(20)28-10-6-2-5-9-24)25-14-16-11-15-7-3-4-8-17(15)22(16)23(18)26;1-30-19-9-15-16(10-18(19)26)23-11-14-7-12-3-4-13(8-17(12)25(14)22(15)29)24-20(27)5-6-21(28)31-2/h5-6,9-12,19-25,29-30H,4,7-8,13-18H2,1-3H3,(H,47,50);3-4,7-8,12-14,16,22H,2,5-6,9-11H2,1H3;3-4,8-11,14,26H,5-7H2,1-2H3,(H,24,27). The van der Waals surface area contributed by atoms with E-state index in [1.54, 1.807) is 91.0 Å². The zero-order valence-electron chi connectivity index (χ0n) is 65.5. The van der Waals surface area contributed by atoms with Gasteiger partial charge in [-0.25, -0.2) is 0 Å². The molecule has 8 aromatic carbocycles. The van der Waals surface area contributed by atoms with Gasteiger partial charge in [0.25, 0.3) is 17.7 Å². The highest BCUT2D eigenvalue weighted by Crippen LogP contribution is 2.49. The maximum atomic E-state index is 14.1. The lowest BCUT2D eigenvalue weighted by atomic mass is 9.86. The third-order valence-electron chi connectivity index (χ3n) is 21.6. The number of ketones is 1. The summed E-state index contributed by atoms with van der Waals surface area (Å²) in [6.45, 7) is 1.48. The quantitative estimate of drug-likeness (QED) is 0.0196. The highest BCUT2D eigenvalue weighted by molar-refractivity contribution is 14.1. The predicted octanol–water partition coefficient (Wildman–Crippen LogP) is 14.9. The summed E-state index contributed by atoms with van der Waals surface area (Å²) in [5.41, 5.74) is 12.6. The number of phenols is 1. The Bertz CT molecular complexity index is 5350. The number of hydrogen-bond donors (Lipinski definition) is 3. The molecule has 0 radical (unpaired) electrons. The molecule has 7 aliphatic heterocycles. The molecule has 0 spiro atoms. The first kappa shape index (κ1) is 81.1. The van der Waals surface area contributed by atoms with Crippen LogP contribution in [-0.4, -0.2) is 162 Å². The Hall–Kier alpha value is -12.5. The molecule has 8 aromatic rings. The second-order valence-corrected chi connectivity index (χ2v) is 30.0. The fourth-order valence-electron chi connectivity index (χ4n) is 15.7. The first-order valence-corrected chi connectivity index (χ1v) is 40.3. The molecule has 1 aliphatic carbocycles.